The molecule has 0 saturated heterocycles. The van der Waals surface area contributed by atoms with Crippen molar-refractivity contribution in [1.29, 1.82) is 0 Å². The summed E-state index contributed by atoms with van der Waals surface area (Å²) >= 11 is 0. The molecule has 5 heteroatoms. The third-order valence-corrected chi connectivity index (χ3v) is 2.15. The van der Waals surface area contributed by atoms with Crippen LogP contribution in [0.1, 0.15) is 0 Å². The van der Waals surface area contributed by atoms with Gasteiger partial charge in [-0.25, -0.2) is 4.98 Å². The summed E-state index contributed by atoms with van der Waals surface area (Å²) in [5.41, 5.74) is 0.238. The van der Waals surface area contributed by atoms with E-state index < -0.39 is 16.6 Å². The van der Waals surface area contributed by atoms with Gasteiger partial charge in [0, 0.05) is 6.20 Å². The minimum Gasteiger partial charge on any atom is -0.258 e. The van der Waals surface area contributed by atoms with Crippen molar-refractivity contribution < 1.29 is 9.31 Å². The number of hydrogen-bond donors (Lipinski definition) is 0. The van der Waals surface area contributed by atoms with E-state index in [0.29, 0.717) is 5.56 Å². The van der Waals surface area contributed by atoms with Crippen LogP contribution < -0.4 is 0 Å². The SMILES string of the molecule is O=[N+]([O-])c1c(-c2ccccc2)ccnc1F. The maximum absolute atomic E-state index is 13.2. The molecule has 0 N–H and O–H groups in total. The lowest BCUT2D eigenvalue weighted by Gasteiger charge is -2.02. The van der Waals surface area contributed by atoms with Crippen LogP contribution >= 0.6 is 0 Å². The van der Waals surface area contributed by atoms with Crippen LogP contribution in [-0.4, -0.2) is 9.91 Å². The van der Waals surface area contributed by atoms with E-state index in [-0.39, 0.29) is 5.56 Å². The molecule has 0 amide bonds. The molecule has 0 radical (unpaired) electrons. The average Bonchev–Trinajstić information content (AvgIpc) is 2.29. The Hall–Kier alpha value is -2.30. The number of benzene rings is 1. The van der Waals surface area contributed by atoms with Crippen molar-refractivity contribution in [2.45, 2.75) is 0 Å². The summed E-state index contributed by atoms with van der Waals surface area (Å²) in [4.78, 5) is 13.3. The maximum atomic E-state index is 13.2. The molecule has 0 saturated carbocycles. The van der Waals surface area contributed by atoms with Gasteiger partial charge in [-0.1, -0.05) is 30.3 Å². The molecule has 2 rings (SSSR count). The van der Waals surface area contributed by atoms with Crippen molar-refractivity contribution >= 4 is 5.69 Å². The largest absolute Gasteiger partial charge is 0.331 e. The summed E-state index contributed by atoms with van der Waals surface area (Å²) < 4.78 is 13.2. The second-order valence-corrected chi connectivity index (χ2v) is 3.12. The van der Waals surface area contributed by atoms with Crippen molar-refractivity contribution in [3.8, 4) is 11.1 Å². The molecule has 0 aliphatic carbocycles. The van der Waals surface area contributed by atoms with Gasteiger partial charge in [0.2, 0.25) is 0 Å². The monoisotopic (exact) mass is 218 g/mol. The van der Waals surface area contributed by atoms with Crippen LogP contribution in [0.5, 0.6) is 0 Å². The summed E-state index contributed by atoms with van der Waals surface area (Å²) in [6.07, 6.45) is 1.21. The number of halogens is 1. The first-order valence-corrected chi connectivity index (χ1v) is 4.54. The molecule has 0 aliphatic heterocycles. The van der Waals surface area contributed by atoms with Crippen LogP contribution in [0.2, 0.25) is 0 Å². The standard InChI is InChI=1S/C11H7FN2O2/c12-11-10(14(15)16)9(6-7-13-11)8-4-2-1-3-5-8/h1-7H. The first kappa shape index (κ1) is 10.2. The number of nitrogens with zero attached hydrogens (tertiary/aromatic N) is 2. The number of aromatic nitrogens is 1. The first-order valence-electron chi connectivity index (χ1n) is 4.54. The van der Waals surface area contributed by atoms with Crippen molar-refractivity contribution in [1.82, 2.24) is 4.98 Å². The Morgan fingerprint density at radius 2 is 1.88 bits per heavy atom. The first-order chi connectivity index (χ1) is 7.70. The lowest BCUT2D eigenvalue weighted by Crippen LogP contribution is -1.97. The van der Waals surface area contributed by atoms with Gasteiger partial charge in [0.1, 0.15) is 0 Å². The van der Waals surface area contributed by atoms with Crippen LogP contribution in [0.3, 0.4) is 0 Å². The van der Waals surface area contributed by atoms with Crippen molar-refractivity contribution in [2.75, 3.05) is 0 Å². The van der Waals surface area contributed by atoms with Gasteiger partial charge >= 0.3 is 5.69 Å². The molecule has 0 bridgehead atoms. The van der Waals surface area contributed by atoms with Gasteiger partial charge in [-0.3, -0.25) is 10.1 Å². The highest BCUT2D eigenvalue weighted by atomic mass is 19.1. The van der Waals surface area contributed by atoms with Gasteiger partial charge in [0.15, 0.2) is 0 Å². The summed E-state index contributed by atoms with van der Waals surface area (Å²) in [6.45, 7) is 0. The fourth-order valence-corrected chi connectivity index (χ4v) is 1.45. The van der Waals surface area contributed by atoms with Crippen LogP contribution in [0.15, 0.2) is 42.6 Å². The van der Waals surface area contributed by atoms with E-state index in [1.807, 2.05) is 0 Å². The molecule has 1 heterocycles. The smallest absolute Gasteiger partial charge is 0.258 e. The molecule has 0 atom stereocenters. The maximum Gasteiger partial charge on any atom is 0.331 e. The zero-order chi connectivity index (χ0) is 11.5. The molecule has 0 aliphatic rings. The number of rotatable bonds is 2. The van der Waals surface area contributed by atoms with E-state index in [1.165, 1.54) is 12.3 Å². The molecule has 16 heavy (non-hydrogen) atoms. The molecule has 1 aromatic heterocycles. The summed E-state index contributed by atoms with van der Waals surface area (Å²) in [5.74, 6) is -1.06. The Morgan fingerprint density at radius 3 is 2.50 bits per heavy atom. The fourth-order valence-electron chi connectivity index (χ4n) is 1.45. The molecule has 1 aromatic carbocycles. The van der Waals surface area contributed by atoms with Crippen molar-refractivity contribution in [3.05, 3.63) is 58.7 Å². The molecule has 80 valence electrons. The van der Waals surface area contributed by atoms with E-state index >= 15 is 0 Å². The highest BCUT2D eigenvalue weighted by molar-refractivity contribution is 5.72. The Morgan fingerprint density at radius 1 is 1.19 bits per heavy atom. The van der Waals surface area contributed by atoms with Gasteiger partial charge in [0.05, 0.1) is 10.5 Å². The van der Waals surface area contributed by atoms with Crippen molar-refractivity contribution in [3.63, 3.8) is 0 Å². The number of pyridine rings is 1. The number of nitro groups is 1. The Kier molecular flexibility index (Phi) is 2.59. The second-order valence-electron chi connectivity index (χ2n) is 3.12. The Bertz CT molecular complexity index is 529. The van der Waals surface area contributed by atoms with Crippen molar-refractivity contribution in [2.24, 2.45) is 0 Å². The summed E-state index contributed by atoms with van der Waals surface area (Å²) in [6, 6.07) is 10.0. The zero-order valence-electron chi connectivity index (χ0n) is 8.13. The average molecular weight is 218 g/mol. The van der Waals surface area contributed by atoms with Crippen LogP contribution in [0, 0.1) is 16.1 Å². The van der Waals surface area contributed by atoms with Gasteiger partial charge in [-0.2, -0.15) is 4.39 Å². The third kappa shape index (κ3) is 1.75. The topological polar surface area (TPSA) is 56.0 Å². The zero-order valence-corrected chi connectivity index (χ0v) is 8.13. The van der Waals surface area contributed by atoms with Crippen LogP contribution in [-0.2, 0) is 0 Å². The lowest BCUT2D eigenvalue weighted by molar-refractivity contribution is -0.387. The molecular weight excluding hydrogens is 211 g/mol. The highest BCUT2D eigenvalue weighted by Gasteiger charge is 2.21. The Balaban J connectivity index is 2.66. The summed E-state index contributed by atoms with van der Waals surface area (Å²) in [7, 11) is 0. The normalized spacial score (nSPS) is 10.1. The van der Waals surface area contributed by atoms with Gasteiger partial charge < -0.3 is 0 Å². The lowest BCUT2D eigenvalue weighted by atomic mass is 10.1. The minimum atomic E-state index is -1.06. The van der Waals surface area contributed by atoms with E-state index in [2.05, 4.69) is 4.98 Å². The molecular formula is C11H7FN2O2. The predicted octanol–water partition coefficient (Wildman–Crippen LogP) is 2.80. The molecule has 0 unspecified atom stereocenters. The fraction of sp³-hybridized carbons (Fsp3) is 0. The molecule has 2 aromatic rings. The summed E-state index contributed by atoms with van der Waals surface area (Å²) in [5, 5.41) is 10.7. The van der Waals surface area contributed by atoms with Gasteiger partial charge in [-0.05, 0) is 11.6 Å². The van der Waals surface area contributed by atoms with E-state index in [9.17, 15) is 14.5 Å². The molecule has 0 fully saturated rings. The van der Waals surface area contributed by atoms with E-state index in [0.717, 1.165) is 0 Å². The third-order valence-electron chi connectivity index (χ3n) is 2.15. The Labute approximate surface area is 90.5 Å². The van der Waals surface area contributed by atoms with Crippen LogP contribution in [0.25, 0.3) is 11.1 Å². The second kappa shape index (κ2) is 4.06. The minimum absolute atomic E-state index is 0.234. The van der Waals surface area contributed by atoms with Gasteiger partial charge in [-0.15, -0.1) is 0 Å². The molecule has 4 nitrogen and oxygen atoms in total. The highest BCUT2D eigenvalue weighted by Crippen LogP contribution is 2.30. The quantitative estimate of drug-likeness (QED) is 0.442. The predicted molar refractivity (Wildman–Crippen MR) is 56.3 cm³/mol. The van der Waals surface area contributed by atoms with Crippen LogP contribution in [0.4, 0.5) is 10.1 Å². The van der Waals surface area contributed by atoms with E-state index in [4.69, 9.17) is 0 Å². The van der Waals surface area contributed by atoms with E-state index in [1.54, 1.807) is 30.3 Å². The molecule has 0 spiro atoms. The number of hydrogen-bond acceptors (Lipinski definition) is 3. The van der Waals surface area contributed by atoms with Gasteiger partial charge in [0.25, 0.3) is 5.95 Å².